The molecule has 8 heteroatoms. The zero-order chi connectivity index (χ0) is 17.3. The molecule has 24 heavy (non-hydrogen) atoms. The van der Waals surface area contributed by atoms with Gasteiger partial charge in [-0.3, -0.25) is 10.2 Å². The summed E-state index contributed by atoms with van der Waals surface area (Å²) < 4.78 is 43.1. The fraction of sp³-hybridized carbons (Fsp3) is 0.0625. The molecule has 0 radical (unpaired) electrons. The van der Waals surface area contributed by atoms with Crippen molar-refractivity contribution in [3.63, 3.8) is 0 Å². The number of fused-ring (bicyclic) bond motifs is 1. The number of amides is 1. The number of nitrogens with one attached hydrogen (secondary N) is 2. The summed E-state index contributed by atoms with van der Waals surface area (Å²) in [5.41, 5.74) is 3.12. The first-order valence-electron chi connectivity index (χ1n) is 6.95. The fourth-order valence-corrected chi connectivity index (χ4v) is 3.20. The number of furan rings is 1. The molecule has 2 aromatic carbocycles. The molecule has 2 N–H and O–H groups in total. The summed E-state index contributed by atoms with van der Waals surface area (Å²) in [5.74, 6) is -1.71. The van der Waals surface area contributed by atoms with Crippen LogP contribution >= 0.6 is 0 Å². The van der Waals surface area contributed by atoms with Crippen molar-refractivity contribution in [3.8, 4) is 0 Å². The van der Waals surface area contributed by atoms with E-state index in [0.717, 1.165) is 17.5 Å². The highest BCUT2D eigenvalue weighted by Crippen LogP contribution is 2.24. The maximum Gasteiger partial charge on any atom is 0.302 e. The highest BCUT2D eigenvalue weighted by molar-refractivity contribution is 7.89. The topological polar surface area (TPSA) is 88.4 Å². The number of carbonyl (C=O) groups excluding carboxylic acids is 1. The van der Waals surface area contributed by atoms with Crippen LogP contribution in [0.15, 0.2) is 57.8 Å². The molecule has 0 unspecified atom stereocenters. The number of rotatable bonds is 4. The van der Waals surface area contributed by atoms with Crippen molar-refractivity contribution in [2.75, 3.05) is 0 Å². The van der Waals surface area contributed by atoms with Crippen molar-refractivity contribution in [1.82, 2.24) is 10.3 Å². The molecule has 0 spiro atoms. The Morgan fingerprint density at radius 2 is 1.75 bits per heavy atom. The van der Waals surface area contributed by atoms with Crippen LogP contribution in [-0.2, 0) is 10.0 Å². The predicted octanol–water partition coefficient (Wildman–Crippen LogP) is 2.50. The molecule has 0 aliphatic heterocycles. The Balaban J connectivity index is 1.82. The second-order valence-corrected chi connectivity index (χ2v) is 6.69. The van der Waals surface area contributed by atoms with Crippen LogP contribution < -0.4 is 10.3 Å². The van der Waals surface area contributed by atoms with Crippen LogP contribution in [0.5, 0.6) is 0 Å². The van der Waals surface area contributed by atoms with E-state index >= 15 is 0 Å². The molecular formula is C16H13FN2O4S. The van der Waals surface area contributed by atoms with E-state index in [1.807, 2.05) is 10.3 Å². The number of hydrogen-bond donors (Lipinski definition) is 2. The molecule has 0 aliphatic rings. The average Bonchev–Trinajstić information content (AvgIpc) is 2.90. The SMILES string of the molecule is Cc1c(C(=O)NNS(=O)(=O)c2ccccc2F)oc2ccccc12. The highest BCUT2D eigenvalue weighted by atomic mass is 32.2. The summed E-state index contributed by atoms with van der Waals surface area (Å²) >= 11 is 0. The molecule has 0 atom stereocenters. The molecule has 3 rings (SSSR count). The molecule has 1 aromatic heterocycles. The Morgan fingerprint density at radius 3 is 2.46 bits per heavy atom. The van der Waals surface area contributed by atoms with Gasteiger partial charge in [0.2, 0.25) is 0 Å². The van der Waals surface area contributed by atoms with Gasteiger partial charge in [-0.15, -0.1) is 4.83 Å². The van der Waals surface area contributed by atoms with Gasteiger partial charge in [0.05, 0.1) is 0 Å². The summed E-state index contributed by atoms with van der Waals surface area (Å²) in [4.78, 5) is 13.5. The van der Waals surface area contributed by atoms with Crippen LogP contribution in [0.4, 0.5) is 4.39 Å². The van der Waals surface area contributed by atoms with Gasteiger partial charge in [-0.1, -0.05) is 30.3 Å². The summed E-state index contributed by atoms with van der Waals surface area (Å²) in [5, 5.41) is 0.750. The number of benzene rings is 2. The number of aryl methyl sites for hydroxylation is 1. The second-order valence-electron chi connectivity index (χ2n) is 5.04. The minimum absolute atomic E-state index is 0.0209. The third-order valence-corrected chi connectivity index (χ3v) is 4.76. The number of hydrazine groups is 1. The lowest BCUT2D eigenvalue weighted by Gasteiger charge is -2.08. The average molecular weight is 348 g/mol. The van der Waals surface area contributed by atoms with Crippen molar-refractivity contribution in [2.45, 2.75) is 11.8 Å². The summed E-state index contributed by atoms with van der Waals surface area (Å²) in [6.45, 7) is 1.69. The van der Waals surface area contributed by atoms with Crippen LogP contribution in [0.1, 0.15) is 16.1 Å². The van der Waals surface area contributed by atoms with Gasteiger partial charge in [-0.25, -0.2) is 12.8 Å². The van der Waals surface area contributed by atoms with Gasteiger partial charge in [0.1, 0.15) is 16.3 Å². The van der Waals surface area contributed by atoms with E-state index < -0.39 is 26.6 Å². The maximum atomic E-state index is 13.6. The molecule has 0 saturated carbocycles. The summed E-state index contributed by atoms with van der Waals surface area (Å²) in [6.07, 6.45) is 0. The quantitative estimate of drug-likeness (QED) is 0.709. The van der Waals surface area contributed by atoms with E-state index in [1.165, 1.54) is 12.1 Å². The third kappa shape index (κ3) is 2.89. The van der Waals surface area contributed by atoms with E-state index in [1.54, 1.807) is 31.2 Å². The first kappa shape index (κ1) is 16.2. The fourth-order valence-electron chi connectivity index (χ4n) is 2.28. The summed E-state index contributed by atoms with van der Waals surface area (Å²) in [6, 6.07) is 11.9. The first-order valence-corrected chi connectivity index (χ1v) is 8.43. The van der Waals surface area contributed by atoms with Crippen LogP contribution in [-0.4, -0.2) is 14.3 Å². The Labute approximate surface area is 137 Å². The Bertz CT molecular complexity index is 1030. The molecule has 6 nitrogen and oxygen atoms in total. The number of hydrogen-bond acceptors (Lipinski definition) is 4. The van der Waals surface area contributed by atoms with Gasteiger partial charge in [-0.2, -0.15) is 0 Å². The minimum Gasteiger partial charge on any atom is -0.451 e. The van der Waals surface area contributed by atoms with Crippen molar-refractivity contribution in [1.29, 1.82) is 0 Å². The molecule has 1 amide bonds. The maximum absolute atomic E-state index is 13.6. The first-order chi connectivity index (χ1) is 11.4. The summed E-state index contributed by atoms with van der Waals surface area (Å²) in [7, 11) is -4.24. The van der Waals surface area contributed by atoms with Crippen LogP contribution in [0.2, 0.25) is 0 Å². The van der Waals surface area contributed by atoms with Crippen molar-refractivity contribution in [2.24, 2.45) is 0 Å². The van der Waals surface area contributed by atoms with Crippen molar-refractivity contribution < 1.29 is 22.0 Å². The normalized spacial score (nSPS) is 11.6. The van der Waals surface area contributed by atoms with Crippen molar-refractivity contribution in [3.05, 3.63) is 65.7 Å². The standard InChI is InChI=1S/C16H13FN2O4S/c1-10-11-6-2-4-8-13(11)23-15(10)16(20)18-19-24(21,22)14-9-5-3-7-12(14)17/h2-9,19H,1H3,(H,18,20). The van der Waals surface area contributed by atoms with Gasteiger partial charge >= 0.3 is 5.91 Å². The zero-order valence-electron chi connectivity index (χ0n) is 12.5. The number of sulfonamides is 1. The van der Waals surface area contributed by atoms with E-state index in [0.29, 0.717) is 11.1 Å². The zero-order valence-corrected chi connectivity index (χ0v) is 13.4. The smallest absolute Gasteiger partial charge is 0.302 e. The number of carbonyl (C=O) groups is 1. The molecular weight excluding hydrogens is 335 g/mol. The monoisotopic (exact) mass is 348 g/mol. The van der Waals surface area contributed by atoms with Crippen LogP contribution in [0, 0.1) is 12.7 Å². The van der Waals surface area contributed by atoms with Crippen LogP contribution in [0.25, 0.3) is 11.0 Å². The molecule has 0 aliphatic carbocycles. The lowest BCUT2D eigenvalue weighted by Crippen LogP contribution is -2.41. The van der Waals surface area contributed by atoms with Crippen LogP contribution in [0.3, 0.4) is 0 Å². The highest BCUT2D eigenvalue weighted by Gasteiger charge is 2.22. The molecule has 3 aromatic rings. The number of para-hydroxylation sites is 1. The minimum atomic E-state index is -4.24. The molecule has 0 saturated heterocycles. The van der Waals surface area contributed by atoms with E-state index in [-0.39, 0.29) is 5.76 Å². The van der Waals surface area contributed by atoms with Gasteiger partial charge in [0.25, 0.3) is 10.0 Å². The van der Waals surface area contributed by atoms with Gasteiger partial charge < -0.3 is 4.42 Å². The molecule has 124 valence electrons. The van der Waals surface area contributed by atoms with E-state index in [9.17, 15) is 17.6 Å². The largest absolute Gasteiger partial charge is 0.451 e. The van der Waals surface area contributed by atoms with E-state index in [2.05, 4.69) is 0 Å². The Kier molecular flexibility index (Phi) is 4.08. The Hall–Kier alpha value is -2.71. The predicted molar refractivity (Wildman–Crippen MR) is 85.1 cm³/mol. The van der Waals surface area contributed by atoms with Gasteiger partial charge in [-0.05, 0) is 25.1 Å². The second kappa shape index (κ2) is 6.06. The van der Waals surface area contributed by atoms with Gasteiger partial charge in [0, 0.05) is 10.9 Å². The lowest BCUT2D eigenvalue weighted by molar-refractivity contribution is 0.0918. The third-order valence-electron chi connectivity index (χ3n) is 3.48. The van der Waals surface area contributed by atoms with Crippen molar-refractivity contribution >= 4 is 26.9 Å². The number of halogens is 1. The molecule has 1 heterocycles. The Morgan fingerprint density at radius 1 is 1.08 bits per heavy atom. The van der Waals surface area contributed by atoms with Gasteiger partial charge in [0.15, 0.2) is 5.76 Å². The molecule has 0 bridgehead atoms. The molecule has 0 fully saturated rings. The van der Waals surface area contributed by atoms with E-state index in [4.69, 9.17) is 4.42 Å². The lowest BCUT2D eigenvalue weighted by atomic mass is 10.1.